The lowest BCUT2D eigenvalue weighted by Crippen LogP contribution is -2.50. The van der Waals surface area contributed by atoms with E-state index in [1.807, 2.05) is 0 Å². The van der Waals surface area contributed by atoms with Crippen LogP contribution in [-0.4, -0.2) is 31.0 Å². The zero-order valence-electron chi connectivity index (χ0n) is 18.6. The fraction of sp³-hybridized carbons (Fsp3) is 0.348. The second-order valence-corrected chi connectivity index (χ2v) is 8.35. The maximum atomic E-state index is 13.3. The van der Waals surface area contributed by atoms with Crippen molar-refractivity contribution in [3.63, 3.8) is 0 Å². The van der Waals surface area contributed by atoms with Crippen molar-refractivity contribution in [2.24, 2.45) is 0 Å². The lowest BCUT2D eigenvalue weighted by atomic mass is 10.0. The molecule has 0 saturated carbocycles. The third kappa shape index (κ3) is 4.69. The average Bonchev–Trinajstić information content (AvgIpc) is 3.20. The molecule has 0 radical (unpaired) electrons. The number of fused-ring (bicyclic) bond motifs is 1. The lowest BCUT2D eigenvalue weighted by molar-refractivity contribution is -0.143. The average molecular weight is 498 g/mol. The number of hydrogen-bond donors (Lipinski definition) is 0. The Morgan fingerprint density at radius 2 is 1.63 bits per heavy atom. The molecular weight excluding hydrogens is 478 g/mol. The first kappa shape index (κ1) is 24.6. The van der Waals surface area contributed by atoms with Crippen LogP contribution in [0.2, 0.25) is 0 Å². The van der Waals surface area contributed by atoms with Crippen LogP contribution in [0.15, 0.2) is 47.7 Å². The number of halogens is 6. The standard InChI is InChI=1S/C23H20F6N4O2/c1-3-17-11-33-19(5-4-18(20(33)34)31-9-13(2)30-12-31)21(35)32(17)10-14-6-15(22(24,25)26)8-16(7-14)23(27,28)29/h4-9,12,17H,3,10-11H2,1-2H3. The van der Waals surface area contributed by atoms with E-state index < -0.39 is 47.5 Å². The fourth-order valence-electron chi connectivity index (χ4n) is 4.16. The monoisotopic (exact) mass is 498 g/mol. The highest BCUT2D eigenvalue weighted by Gasteiger charge is 2.38. The highest BCUT2D eigenvalue weighted by atomic mass is 19.4. The van der Waals surface area contributed by atoms with E-state index in [1.54, 1.807) is 20.0 Å². The van der Waals surface area contributed by atoms with Crippen LogP contribution in [0.3, 0.4) is 0 Å². The summed E-state index contributed by atoms with van der Waals surface area (Å²) in [4.78, 5) is 31.7. The van der Waals surface area contributed by atoms with Crippen molar-refractivity contribution >= 4 is 5.91 Å². The van der Waals surface area contributed by atoms with E-state index in [0.717, 1.165) is 0 Å². The highest BCUT2D eigenvalue weighted by Crippen LogP contribution is 2.37. The Morgan fingerprint density at radius 3 is 2.14 bits per heavy atom. The summed E-state index contributed by atoms with van der Waals surface area (Å²) >= 11 is 0. The molecule has 35 heavy (non-hydrogen) atoms. The number of hydrogen-bond acceptors (Lipinski definition) is 3. The molecule has 0 spiro atoms. The van der Waals surface area contributed by atoms with Crippen LogP contribution in [0.5, 0.6) is 0 Å². The predicted molar refractivity (Wildman–Crippen MR) is 113 cm³/mol. The number of rotatable bonds is 4. The van der Waals surface area contributed by atoms with Crippen LogP contribution in [0.4, 0.5) is 26.3 Å². The summed E-state index contributed by atoms with van der Waals surface area (Å²) in [6.07, 6.45) is -6.55. The van der Waals surface area contributed by atoms with Crippen molar-refractivity contribution in [2.75, 3.05) is 0 Å². The molecule has 186 valence electrons. The summed E-state index contributed by atoms with van der Waals surface area (Å²) in [5.74, 6) is -0.653. The van der Waals surface area contributed by atoms with E-state index in [9.17, 15) is 35.9 Å². The molecule has 0 fully saturated rings. The smallest absolute Gasteiger partial charge is 0.328 e. The van der Waals surface area contributed by atoms with Crippen molar-refractivity contribution in [1.29, 1.82) is 0 Å². The summed E-state index contributed by atoms with van der Waals surface area (Å²) in [5.41, 5.74) is -2.71. The maximum absolute atomic E-state index is 13.3. The number of alkyl halides is 6. The first-order valence-electron chi connectivity index (χ1n) is 10.6. The fourth-order valence-corrected chi connectivity index (χ4v) is 4.16. The molecule has 1 aliphatic rings. The summed E-state index contributed by atoms with van der Waals surface area (Å²) in [6, 6.07) is 3.51. The number of aromatic nitrogens is 3. The van der Waals surface area contributed by atoms with Gasteiger partial charge >= 0.3 is 12.4 Å². The number of carbonyl (C=O) groups is 1. The molecule has 3 heterocycles. The Bertz CT molecular complexity index is 1310. The molecule has 0 saturated heterocycles. The van der Waals surface area contributed by atoms with Crippen LogP contribution in [0.1, 0.15) is 46.2 Å². The molecule has 2 aromatic heterocycles. The van der Waals surface area contributed by atoms with Crippen molar-refractivity contribution in [2.45, 2.75) is 51.8 Å². The van der Waals surface area contributed by atoms with Gasteiger partial charge in [-0.25, -0.2) is 4.98 Å². The number of benzene rings is 1. The van der Waals surface area contributed by atoms with Crippen LogP contribution in [0, 0.1) is 6.92 Å². The summed E-state index contributed by atoms with van der Waals surface area (Å²) < 4.78 is 82.4. The van der Waals surface area contributed by atoms with E-state index in [0.29, 0.717) is 24.2 Å². The van der Waals surface area contributed by atoms with Gasteiger partial charge in [0.15, 0.2) is 0 Å². The van der Waals surface area contributed by atoms with Crippen LogP contribution >= 0.6 is 0 Å². The van der Waals surface area contributed by atoms with E-state index in [2.05, 4.69) is 4.98 Å². The Labute approximate surface area is 195 Å². The number of imidazole rings is 1. The molecule has 0 aliphatic carbocycles. The predicted octanol–water partition coefficient (Wildman–Crippen LogP) is 4.81. The minimum absolute atomic E-state index is 0.00306. The van der Waals surface area contributed by atoms with Gasteiger partial charge in [0.1, 0.15) is 11.4 Å². The second kappa shape index (κ2) is 8.58. The van der Waals surface area contributed by atoms with Gasteiger partial charge in [-0.05, 0) is 49.2 Å². The summed E-state index contributed by atoms with van der Waals surface area (Å²) in [6.45, 7) is 3.04. The van der Waals surface area contributed by atoms with Crippen molar-refractivity contribution in [3.05, 3.63) is 81.3 Å². The number of nitrogens with zero attached hydrogens (tertiary/aromatic N) is 4. The summed E-state index contributed by atoms with van der Waals surface area (Å²) in [7, 11) is 0. The third-order valence-electron chi connectivity index (χ3n) is 5.93. The van der Waals surface area contributed by atoms with E-state index in [1.165, 1.54) is 32.5 Å². The van der Waals surface area contributed by atoms with Crippen molar-refractivity contribution in [3.8, 4) is 5.69 Å². The Kier molecular flexibility index (Phi) is 6.02. The molecule has 1 atom stereocenters. The van der Waals surface area contributed by atoms with Crippen LogP contribution < -0.4 is 5.56 Å². The highest BCUT2D eigenvalue weighted by molar-refractivity contribution is 5.93. The van der Waals surface area contributed by atoms with Crippen molar-refractivity contribution < 1.29 is 31.1 Å². The maximum Gasteiger partial charge on any atom is 0.416 e. The number of pyridine rings is 1. The molecule has 0 bridgehead atoms. The number of carbonyl (C=O) groups excluding carboxylic acids is 1. The quantitative estimate of drug-likeness (QED) is 0.485. The molecule has 3 aromatic rings. The number of amides is 1. The van der Waals surface area contributed by atoms with Gasteiger partial charge in [-0.2, -0.15) is 26.3 Å². The van der Waals surface area contributed by atoms with Gasteiger partial charge in [0, 0.05) is 19.3 Å². The SMILES string of the molecule is CCC1Cn2c(ccc(-n3cnc(C)c3)c2=O)C(=O)N1Cc1cc(C(F)(F)F)cc(C(F)(F)F)c1. The van der Waals surface area contributed by atoms with E-state index in [4.69, 9.17) is 0 Å². The Morgan fingerprint density at radius 1 is 1.00 bits per heavy atom. The first-order chi connectivity index (χ1) is 16.3. The molecule has 12 heteroatoms. The molecule has 4 rings (SSSR count). The first-order valence-corrected chi connectivity index (χ1v) is 10.6. The van der Waals surface area contributed by atoms with Gasteiger partial charge in [0.2, 0.25) is 0 Å². The molecular formula is C23H20F6N4O2. The molecule has 1 amide bonds. The van der Waals surface area contributed by atoms with E-state index >= 15 is 0 Å². The topological polar surface area (TPSA) is 60.1 Å². The van der Waals surface area contributed by atoms with Gasteiger partial charge < -0.3 is 14.0 Å². The van der Waals surface area contributed by atoms with Crippen LogP contribution in [-0.2, 0) is 25.4 Å². The molecule has 1 unspecified atom stereocenters. The molecule has 1 aliphatic heterocycles. The van der Waals surface area contributed by atoms with E-state index in [-0.39, 0.29) is 29.6 Å². The van der Waals surface area contributed by atoms with Crippen molar-refractivity contribution in [1.82, 2.24) is 19.0 Å². The minimum atomic E-state index is -4.99. The zero-order chi connectivity index (χ0) is 25.7. The van der Waals surface area contributed by atoms with Gasteiger partial charge in [-0.3, -0.25) is 9.59 Å². The minimum Gasteiger partial charge on any atom is -0.328 e. The summed E-state index contributed by atoms with van der Waals surface area (Å²) in [5, 5.41) is 0. The van der Waals surface area contributed by atoms with Gasteiger partial charge in [0.05, 0.1) is 29.2 Å². The van der Waals surface area contributed by atoms with Gasteiger partial charge in [0.25, 0.3) is 11.5 Å². The number of aryl methyl sites for hydroxylation is 1. The molecule has 1 aromatic carbocycles. The second-order valence-electron chi connectivity index (χ2n) is 8.35. The lowest BCUT2D eigenvalue weighted by Gasteiger charge is -2.37. The largest absolute Gasteiger partial charge is 0.416 e. The normalized spacial score (nSPS) is 16.5. The molecule has 6 nitrogen and oxygen atoms in total. The third-order valence-corrected chi connectivity index (χ3v) is 5.93. The Balaban J connectivity index is 1.74. The van der Waals surface area contributed by atoms with Crippen LogP contribution in [0.25, 0.3) is 5.69 Å². The zero-order valence-corrected chi connectivity index (χ0v) is 18.6. The van der Waals surface area contributed by atoms with Gasteiger partial charge in [-0.15, -0.1) is 0 Å². The Hall–Kier alpha value is -3.57. The molecule has 0 N–H and O–H groups in total. The van der Waals surface area contributed by atoms with Gasteiger partial charge in [-0.1, -0.05) is 6.92 Å².